The third-order valence-electron chi connectivity index (χ3n) is 2.82. The molecule has 0 aliphatic rings. The summed E-state index contributed by atoms with van der Waals surface area (Å²) < 4.78 is 5.30. The van der Waals surface area contributed by atoms with Crippen molar-refractivity contribution in [3.8, 4) is 0 Å². The molecule has 0 atom stereocenters. The highest BCUT2D eigenvalue weighted by atomic mass is 32.2. The molecular formula is C18H21NO2S. The molecule has 0 radical (unpaired) electrons. The summed E-state index contributed by atoms with van der Waals surface area (Å²) in [6.45, 7) is 7.51. The first-order valence-electron chi connectivity index (χ1n) is 7.17. The molecule has 2 aromatic carbocycles. The molecule has 2 rings (SSSR count). The molecule has 0 saturated carbocycles. The molecule has 4 heteroatoms. The fourth-order valence-electron chi connectivity index (χ4n) is 1.84. The van der Waals surface area contributed by atoms with Crippen molar-refractivity contribution >= 4 is 23.5 Å². The molecule has 0 heterocycles. The van der Waals surface area contributed by atoms with Crippen LogP contribution in [0.2, 0.25) is 0 Å². The van der Waals surface area contributed by atoms with Crippen LogP contribution in [0, 0.1) is 6.92 Å². The number of carbonyl (C=O) groups is 1. The minimum atomic E-state index is -0.506. The molecule has 0 unspecified atom stereocenters. The number of carbonyl (C=O) groups excluding carboxylic acids is 1. The zero-order valence-electron chi connectivity index (χ0n) is 13.3. The Hall–Kier alpha value is -1.94. The number of rotatable bonds is 3. The van der Waals surface area contributed by atoms with Gasteiger partial charge in [-0.05, 0) is 57.5 Å². The van der Waals surface area contributed by atoms with Crippen LogP contribution in [-0.4, -0.2) is 11.7 Å². The standard InChI is InChI=1S/C18H21NO2S/c1-13-10-11-15(22-14-8-6-5-7-9-14)12-16(13)19-17(20)21-18(2,3)4/h5-12H,1-4H3,(H,19,20). The van der Waals surface area contributed by atoms with Crippen molar-refractivity contribution in [1.29, 1.82) is 0 Å². The summed E-state index contributed by atoms with van der Waals surface area (Å²) in [7, 11) is 0. The maximum Gasteiger partial charge on any atom is 0.412 e. The minimum Gasteiger partial charge on any atom is -0.444 e. The number of benzene rings is 2. The fraction of sp³-hybridized carbons (Fsp3) is 0.278. The van der Waals surface area contributed by atoms with E-state index in [4.69, 9.17) is 4.74 Å². The van der Waals surface area contributed by atoms with Crippen LogP contribution in [0.1, 0.15) is 26.3 Å². The van der Waals surface area contributed by atoms with Crippen molar-refractivity contribution in [1.82, 2.24) is 0 Å². The number of nitrogens with one attached hydrogen (secondary N) is 1. The molecule has 0 aromatic heterocycles. The zero-order valence-corrected chi connectivity index (χ0v) is 14.2. The highest BCUT2D eigenvalue weighted by Crippen LogP contribution is 2.30. The minimum absolute atomic E-state index is 0.433. The SMILES string of the molecule is Cc1ccc(Sc2ccccc2)cc1NC(=O)OC(C)(C)C. The topological polar surface area (TPSA) is 38.3 Å². The normalized spacial score (nSPS) is 11.1. The average Bonchev–Trinajstić information content (AvgIpc) is 2.41. The number of hydrogen-bond donors (Lipinski definition) is 1. The molecule has 3 nitrogen and oxygen atoms in total. The van der Waals surface area contributed by atoms with Gasteiger partial charge in [-0.3, -0.25) is 5.32 Å². The van der Waals surface area contributed by atoms with Crippen LogP contribution < -0.4 is 5.32 Å². The van der Waals surface area contributed by atoms with E-state index < -0.39 is 11.7 Å². The van der Waals surface area contributed by atoms with Gasteiger partial charge < -0.3 is 4.74 Å². The lowest BCUT2D eigenvalue weighted by Gasteiger charge is -2.20. The first-order chi connectivity index (χ1) is 10.3. The van der Waals surface area contributed by atoms with Crippen LogP contribution >= 0.6 is 11.8 Å². The Morgan fingerprint density at radius 2 is 1.73 bits per heavy atom. The third kappa shape index (κ3) is 5.11. The van der Waals surface area contributed by atoms with E-state index in [-0.39, 0.29) is 0 Å². The highest BCUT2D eigenvalue weighted by Gasteiger charge is 2.16. The van der Waals surface area contributed by atoms with E-state index in [0.29, 0.717) is 0 Å². The molecule has 0 aliphatic carbocycles. The van der Waals surface area contributed by atoms with E-state index in [0.717, 1.165) is 21.0 Å². The molecule has 0 spiro atoms. The number of ether oxygens (including phenoxy) is 1. The van der Waals surface area contributed by atoms with Gasteiger partial charge in [0.1, 0.15) is 5.60 Å². The van der Waals surface area contributed by atoms with E-state index in [2.05, 4.69) is 17.4 Å². The first kappa shape index (κ1) is 16.4. The summed E-state index contributed by atoms with van der Waals surface area (Å²) in [5, 5.41) is 2.82. The lowest BCUT2D eigenvalue weighted by molar-refractivity contribution is 0.0636. The number of aryl methyl sites for hydroxylation is 1. The summed E-state index contributed by atoms with van der Waals surface area (Å²) in [6.07, 6.45) is -0.433. The monoisotopic (exact) mass is 315 g/mol. The van der Waals surface area contributed by atoms with Crippen LogP contribution in [-0.2, 0) is 4.74 Å². The highest BCUT2D eigenvalue weighted by molar-refractivity contribution is 7.99. The van der Waals surface area contributed by atoms with Crippen molar-refractivity contribution in [2.75, 3.05) is 5.32 Å². The Balaban J connectivity index is 2.12. The summed E-state index contributed by atoms with van der Waals surface area (Å²) in [5.74, 6) is 0. The van der Waals surface area contributed by atoms with Gasteiger partial charge in [-0.15, -0.1) is 0 Å². The maximum absolute atomic E-state index is 11.9. The molecule has 2 aromatic rings. The fourth-order valence-corrected chi connectivity index (χ4v) is 2.72. The second kappa shape index (κ2) is 6.88. The van der Waals surface area contributed by atoms with Crippen molar-refractivity contribution in [2.24, 2.45) is 0 Å². The molecule has 1 N–H and O–H groups in total. The predicted octanol–water partition coefficient (Wildman–Crippen LogP) is 5.49. The van der Waals surface area contributed by atoms with Gasteiger partial charge in [-0.25, -0.2) is 4.79 Å². The Bertz CT molecular complexity index is 648. The van der Waals surface area contributed by atoms with Crippen LogP contribution in [0.5, 0.6) is 0 Å². The summed E-state index contributed by atoms with van der Waals surface area (Å²) in [4.78, 5) is 14.1. The largest absolute Gasteiger partial charge is 0.444 e. The smallest absolute Gasteiger partial charge is 0.412 e. The Labute approximate surface area is 136 Å². The van der Waals surface area contributed by atoms with Gasteiger partial charge >= 0.3 is 6.09 Å². The van der Waals surface area contributed by atoms with Gasteiger partial charge in [0.25, 0.3) is 0 Å². The Morgan fingerprint density at radius 3 is 2.36 bits per heavy atom. The van der Waals surface area contributed by atoms with Crippen LogP contribution in [0.3, 0.4) is 0 Å². The molecule has 0 aliphatic heterocycles. The zero-order chi connectivity index (χ0) is 16.2. The first-order valence-corrected chi connectivity index (χ1v) is 7.99. The second-order valence-corrected chi connectivity index (χ2v) is 7.17. The van der Waals surface area contributed by atoms with E-state index in [1.807, 2.05) is 64.1 Å². The van der Waals surface area contributed by atoms with Crippen LogP contribution in [0.15, 0.2) is 58.3 Å². The number of hydrogen-bond acceptors (Lipinski definition) is 3. The van der Waals surface area contributed by atoms with Gasteiger partial charge in [0.15, 0.2) is 0 Å². The molecule has 22 heavy (non-hydrogen) atoms. The Morgan fingerprint density at radius 1 is 1.05 bits per heavy atom. The lowest BCUT2D eigenvalue weighted by atomic mass is 10.2. The molecule has 0 fully saturated rings. The van der Waals surface area contributed by atoms with Crippen molar-refractivity contribution in [3.05, 3.63) is 54.1 Å². The van der Waals surface area contributed by atoms with Gasteiger partial charge in [-0.2, -0.15) is 0 Å². The average molecular weight is 315 g/mol. The third-order valence-corrected chi connectivity index (χ3v) is 3.82. The summed E-state index contributed by atoms with van der Waals surface area (Å²) in [5.41, 5.74) is 1.27. The summed E-state index contributed by atoms with van der Waals surface area (Å²) >= 11 is 1.66. The number of anilines is 1. The lowest BCUT2D eigenvalue weighted by Crippen LogP contribution is -2.27. The molecule has 1 amide bonds. The predicted molar refractivity (Wildman–Crippen MR) is 91.6 cm³/mol. The van der Waals surface area contributed by atoms with E-state index in [9.17, 15) is 4.79 Å². The maximum atomic E-state index is 11.9. The van der Waals surface area contributed by atoms with Crippen molar-refractivity contribution in [2.45, 2.75) is 43.1 Å². The van der Waals surface area contributed by atoms with Gasteiger partial charge in [0.05, 0.1) is 0 Å². The van der Waals surface area contributed by atoms with Crippen LogP contribution in [0.25, 0.3) is 0 Å². The summed E-state index contributed by atoms with van der Waals surface area (Å²) in [6, 6.07) is 16.2. The van der Waals surface area contributed by atoms with Crippen molar-refractivity contribution < 1.29 is 9.53 Å². The quantitative estimate of drug-likeness (QED) is 0.813. The molecule has 116 valence electrons. The van der Waals surface area contributed by atoms with E-state index >= 15 is 0 Å². The second-order valence-electron chi connectivity index (χ2n) is 6.02. The van der Waals surface area contributed by atoms with Crippen molar-refractivity contribution in [3.63, 3.8) is 0 Å². The molecule has 0 saturated heterocycles. The van der Waals surface area contributed by atoms with Gasteiger partial charge in [-0.1, -0.05) is 36.0 Å². The molecular weight excluding hydrogens is 294 g/mol. The van der Waals surface area contributed by atoms with Gasteiger partial charge in [0, 0.05) is 15.5 Å². The number of amides is 1. The van der Waals surface area contributed by atoms with E-state index in [1.54, 1.807) is 11.8 Å². The Kier molecular flexibility index (Phi) is 5.14. The molecule has 0 bridgehead atoms. The van der Waals surface area contributed by atoms with E-state index in [1.165, 1.54) is 0 Å². The van der Waals surface area contributed by atoms with Crippen LogP contribution in [0.4, 0.5) is 10.5 Å². The van der Waals surface area contributed by atoms with Gasteiger partial charge in [0.2, 0.25) is 0 Å².